The third-order valence-electron chi connectivity index (χ3n) is 4.51. The van der Waals surface area contributed by atoms with Gasteiger partial charge >= 0.3 is 6.18 Å². The van der Waals surface area contributed by atoms with E-state index in [1.54, 1.807) is 42.5 Å². The summed E-state index contributed by atoms with van der Waals surface area (Å²) in [5.41, 5.74) is 0.973. The number of alkyl halides is 3. The van der Waals surface area contributed by atoms with Crippen LogP contribution in [-0.2, 0) is 6.54 Å². The second-order valence-electron chi connectivity index (χ2n) is 6.58. The number of aryl methyl sites for hydroxylation is 1. The number of rotatable bonds is 3. The third kappa shape index (κ3) is 3.75. The molecule has 0 aliphatic rings. The minimum Gasteiger partial charge on any atom is -0.286 e. The minimum absolute atomic E-state index is 0.0493. The Hall–Kier alpha value is -2.65. The van der Waals surface area contributed by atoms with E-state index in [-0.39, 0.29) is 16.9 Å². The topological polar surface area (TPSA) is 52.7 Å². The Morgan fingerprint density at radius 2 is 1.73 bits per heavy atom. The summed E-state index contributed by atoms with van der Waals surface area (Å²) in [6.07, 6.45) is -4.56. The highest BCUT2D eigenvalue weighted by Gasteiger charge is 2.31. The molecule has 0 aliphatic heterocycles. The number of nitrogens with zero attached hydrogens (tertiary/aromatic N) is 4. The molecule has 0 amide bonds. The Bertz CT molecular complexity index is 1310. The van der Waals surface area contributed by atoms with Crippen LogP contribution in [0.5, 0.6) is 0 Å². The van der Waals surface area contributed by atoms with Gasteiger partial charge in [0.2, 0.25) is 0 Å². The lowest BCUT2D eigenvalue weighted by Gasteiger charge is -2.12. The van der Waals surface area contributed by atoms with E-state index in [0.29, 0.717) is 31.0 Å². The van der Waals surface area contributed by atoms with Crippen molar-refractivity contribution in [3.63, 3.8) is 0 Å². The number of para-hydroxylation sites is 1. The monoisotopic (exact) mass is 496 g/mol. The fourth-order valence-corrected chi connectivity index (χ4v) is 3.77. The van der Waals surface area contributed by atoms with Gasteiger partial charge in [-0.1, -0.05) is 35.9 Å². The Balaban J connectivity index is 2.08. The van der Waals surface area contributed by atoms with Gasteiger partial charge in [-0.25, -0.2) is 9.67 Å². The summed E-state index contributed by atoms with van der Waals surface area (Å²) in [7, 11) is 0. The molecule has 0 saturated carbocycles. The zero-order valence-electron chi connectivity index (χ0n) is 15.4. The molecule has 0 bridgehead atoms. The highest BCUT2D eigenvalue weighted by atomic mass is 79.9. The van der Waals surface area contributed by atoms with Crippen molar-refractivity contribution < 1.29 is 13.2 Å². The summed E-state index contributed by atoms with van der Waals surface area (Å²) in [5.74, 6) is -0.0493. The highest BCUT2D eigenvalue weighted by molar-refractivity contribution is 9.10. The predicted octanol–water partition coefficient (Wildman–Crippen LogP) is 5.54. The van der Waals surface area contributed by atoms with E-state index in [4.69, 9.17) is 11.6 Å². The van der Waals surface area contributed by atoms with Crippen molar-refractivity contribution in [3.8, 4) is 16.9 Å². The maximum Gasteiger partial charge on any atom is 0.406 e. The van der Waals surface area contributed by atoms with Crippen LogP contribution >= 0.6 is 27.5 Å². The van der Waals surface area contributed by atoms with Crippen molar-refractivity contribution in [1.82, 2.24) is 19.3 Å². The number of hydrogen-bond acceptors (Lipinski definition) is 3. The summed E-state index contributed by atoms with van der Waals surface area (Å²) in [4.78, 5) is 17.2. The van der Waals surface area contributed by atoms with Crippen LogP contribution < -0.4 is 5.56 Å². The number of halogens is 5. The van der Waals surface area contributed by atoms with Crippen molar-refractivity contribution in [3.05, 3.63) is 74.2 Å². The first kappa shape index (κ1) is 20.6. The second-order valence-corrected chi connectivity index (χ2v) is 7.87. The van der Waals surface area contributed by atoms with Crippen LogP contribution in [0.4, 0.5) is 13.2 Å². The summed E-state index contributed by atoms with van der Waals surface area (Å²) in [5, 5.41) is 4.88. The summed E-state index contributed by atoms with van der Waals surface area (Å²) in [6, 6.07) is 14.0. The van der Waals surface area contributed by atoms with Crippen molar-refractivity contribution in [2.24, 2.45) is 0 Å². The summed E-state index contributed by atoms with van der Waals surface area (Å²) < 4.78 is 41.7. The SMILES string of the molecule is Cc1nc2c(-c3ccc(Cl)cc3)n(-c3ccccc3Br)nc2c(=O)n1CC(F)(F)F. The molecule has 4 rings (SSSR count). The van der Waals surface area contributed by atoms with E-state index >= 15 is 0 Å². The summed E-state index contributed by atoms with van der Waals surface area (Å²) in [6.45, 7) is -0.0627. The minimum atomic E-state index is -4.56. The number of hydrogen-bond donors (Lipinski definition) is 0. The van der Waals surface area contributed by atoms with E-state index in [0.717, 1.165) is 0 Å². The molecule has 10 heteroatoms. The summed E-state index contributed by atoms with van der Waals surface area (Å²) >= 11 is 9.46. The van der Waals surface area contributed by atoms with Crippen molar-refractivity contribution in [1.29, 1.82) is 0 Å². The number of benzene rings is 2. The quantitative estimate of drug-likeness (QED) is 0.374. The molecule has 0 saturated heterocycles. The van der Waals surface area contributed by atoms with Crippen molar-refractivity contribution in [2.75, 3.05) is 0 Å². The Morgan fingerprint density at radius 3 is 2.37 bits per heavy atom. The lowest BCUT2D eigenvalue weighted by Crippen LogP contribution is -2.30. The van der Waals surface area contributed by atoms with Crippen LogP contribution in [0.15, 0.2) is 57.8 Å². The van der Waals surface area contributed by atoms with Crippen molar-refractivity contribution >= 4 is 38.6 Å². The van der Waals surface area contributed by atoms with Gasteiger partial charge in [0, 0.05) is 15.1 Å². The van der Waals surface area contributed by atoms with Gasteiger partial charge in [-0.15, -0.1) is 0 Å². The van der Waals surface area contributed by atoms with E-state index in [2.05, 4.69) is 26.0 Å². The number of fused-ring (bicyclic) bond motifs is 1. The van der Waals surface area contributed by atoms with E-state index in [1.807, 2.05) is 6.07 Å². The smallest absolute Gasteiger partial charge is 0.286 e. The Morgan fingerprint density at radius 1 is 1.07 bits per heavy atom. The second kappa shape index (κ2) is 7.55. The Labute approximate surface area is 181 Å². The van der Waals surface area contributed by atoms with Gasteiger partial charge in [-0.3, -0.25) is 9.36 Å². The first-order valence-electron chi connectivity index (χ1n) is 8.73. The Kier molecular flexibility index (Phi) is 5.19. The molecule has 2 aromatic heterocycles. The first-order valence-corrected chi connectivity index (χ1v) is 9.90. The van der Waals surface area contributed by atoms with Crippen LogP contribution in [0.25, 0.3) is 28.0 Å². The van der Waals surface area contributed by atoms with Crippen LogP contribution in [0.2, 0.25) is 5.02 Å². The molecule has 5 nitrogen and oxygen atoms in total. The maximum atomic E-state index is 13.0. The molecular weight excluding hydrogens is 485 g/mol. The maximum absolute atomic E-state index is 13.0. The highest BCUT2D eigenvalue weighted by Crippen LogP contribution is 2.32. The van der Waals surface area contributed by atoms with Gasteiger partial charge < -0.3 is 0 Å². The van der Waals surface area contributed by atoms with Crippen molar-refractivity contribution in [2.45, 2.75) is 19.6 Å². The fraction of sp³-hybridized carbons (Fsp3) is 0.150. The third-order valence-corrected chi connectivity index (χ3v) is 5.43. The van der Waals surface area contributed by atoms with Crippen LogP contribution in [-0.4, -0.2) is 25.5 Å². The predicted molar refractivity (Wildman–Crippen MR) is 112 cm³/mol. The lowest BCUT2D eigenvalue weighted by atomic mass is 10.1. The fourth-order valence-electron chi connectivity index (χ4n) is 3.19. The molecule has 2 heterocycles. The van der Waals surface area contributed by atoms with E-state index in [1.165, 1.54) is 11.6 Å². The van der Waals surface area contributed by atoms with Gasteiger partial charge in [0.1, 0.15) is 23.6 Å². The van der Waals surface area contributed by atoms with Gasteiger partial charge in [0.25, 0.3) is 5.56 Å². The molecule has 0 atom stereocenters. The normalized spacial score (nSPS) is 11.9. The molecule has 4 aromatic rings. The molecule has 0 fully saturated rings. The average molecular weight is 498 g/mol. The van der Waals surface area contributed by atoms with Gasteiger partial charge in [-0.2, -0.15) is 18.3 Å². The lowest BCUT2D eigenvalue weighted by molar-refractivity contribution is -0.141. The molecule has 0 radical (unpaired) electrons. The molecule has 0 aliphatic carbocycles. The van der Waals surface area contributed by atoms with E-state index < -0.39 is 18.3 Å². The van der Waals surface area contributed by atoms with Crippen LogP contribution in [0, 0.1) is 6.92 Å². The van der Waals surface area contributed by atoms with Crippen LogP contribution in [0.3, 0.4) is 0 Å². The molecule has 154 valence electrons. The zero-order valence-corrected chi connectivity index (χ0v) is 17.8. The van der Waals surface area contributed by atoms with Gasteiger partial charge in [0.15, 0.2) is 5.52 Å². The molecule has 0 N–H and O–H groups in total. The molecule has 2 aromatic carbocycles. The molecule has 30 heavy (non-hydrogen) atoms. The van der Waals surface area contributed by atoms with Gasteiger partial charge in [0.05, 0.1) is 5.69 Å². The van der Waals surface area contributed by atoms with Gasteiger partial charge in [-0.05, 0) is 47.1 Å². The first-order chi connectivity index (χ1) is 14.2. The van der Waals surface area contributed by atoms with Crippen LogP contribution in [0.1, 0.15) is 5.82 Å². The average Bonchev–Trinajstić information content (AvgIpc) is 3.04. The molecule has 0 unspecified atom stereocenters. The van der Waals surface area contributed by atoms with E-state index in [9.17, 15) is 18.0 Å². The molecular formula is C20H13BrClF3N4O. The number of aromatic nitrogens is 4. The largest absolute Gasteiger partial charge is 0.406 e. The zero-order chi connectivity index (χ0) is 21.6. The standard InChI is InChI=1S/C20H13BrClF3N4O/c1-11-26-16-17(19(30)28(11)10-20(23,24)25)27-29(15-5-3-2-4-14(15)21)18(16)12-6-8-13(22)9-7-12/h2-9H,10H2,1H3. The molecule has 0 spiro atoms.